The predicted octanol–water partition coefficient (Wildman–Crippen LogP) is 2.25. The zero-order chi connectivity index (χ0) is 30.9. The molecule has 0 bridgehead atoms. The Morgan fingerprint density at radius 2 is 1.79 bits per heavy atom. The summed E-state index contributed by atoms with van der Waals surface area (Å²) in [6.07, 6.45) is 1.32. The number of carbonyl (C=O) groups excluding carboxylic acids is 3. The van der Waals surface area contributed by atoms with Gasteiger partial charge in [0.1, 0.15) is 11.4 Å². The molecule has 4 amide bonds. The summed E-state index contributed by atoms with van der Waals surface area (Å²) < 4.78 is 20.8. The number of hydrogen-bond donors (Lipinski definition) is 2. The second-order valence-corrected chi connectivity index (χ2v) is 12.1. The average molecular weight is 599 g/mol. The van der Waals surface area contributed by atoms with Gasteiger partial charge in [-0.05, 0) is 51.8 Å². The fraction of sp³-hybridized carbons (Fsp3) is 0.571. The Labute approximate surface area is 249 Å². The fourth-order valence-corrected chi connectivity index (χ4v) is 5.54. The minimum atomic E-state index is -0.823. The highest BCUT2D eigenvalue weighted by Crippen LogP contribution is 2.28. The smallest absolute Gasteiger partial charge is 0.410 e. The number of piperidine rings is 1. The lowest BCUT2D eigenvalue weighted by molar-refractivity contribution is 0.0240. The number of piperazine rings is 1. The first kappa shape index (κ1) is 30.0. The van der Waals surface area contributed by atoms with Gasteiger partial charge in [-0.25, -0.2) is 14.0 Å². The van der Waals surface area contributed by atoms with Crippen LogP contribution in [0.4, 0.5) is 37.1 Å². The molecule has 232 valence electrons. The average Bonchev–Trinajstić information content (AvgIpc) is 3.30. The Balaban J connectivity index is 1.27. The summed E-state index contributed by atoms with van der Waals surface area (Å²) >= 11 is 0. The van der Waals surface area contributed by atoms with E-state index in [2.05, 4.69) is 20.5 Å². The fourth-order valence-electron chi connectivity index (χ4n) is 5.54. The molecule has 1 aromatic heterocycles. The molecule has 1 unspecified atom stereocenters. The Morgan fingerprint density at radius 3 is 2.42 bits per heavy atom. The van der Waals surface area contributed by atoms with Crippen LogP contribution in [0.5, 0.6) is 0 Å². The lowest BCUT2D eigenvalue weighted by Gasteiger charge is -2.37. The van der Waals surface area contributed by atoms with Gasteiger partial charge in [-0.15, -0.1) is 10.2 Å². The van der Waals surface area contributed by atoms with Gasteiger partial charge in [0.15, 0.2) is 11.5 Å². The van der Waals surface area contributed by atoms with Crippen molar-refractivity contribution in [3.8, 4) is 0 Å². The molecule has 3 N–H and O–H groups in total. The van der Waals surface area contributed by atoms with Gasteiger partial charge < -0.3 is 40.3 Å². The van der Waals surface area contributed by atoms with Crippen molar-refractivity contribution in [2.45, 2.75) is 45.3 Å². The summed E-state index contributed by atoms with van der Waals surface area (Å²) in [5.74, 6) is -0.944. The Morgan fingerprint density at radius 1 is 1.05 bits per heavy atom. The zero-order valence-corrected chi connectivity index (χ0v) is 25.0. The number of nitrogens with zero attached hydrogens (tertiary/aromatic N) is 8. The molecule has 0 aliphatic carbocycles. The van der Waals surface area contributed by atoms with Crippen LogP contribution in [0.25, 0.3) is 0 Å². The van der Waals surface area contributed by atoms with Gasteiger partial charge in [0.2, 0.25) is 5.95 Å². The van der Waals surface area contributed by atoms with Crippen LogP contribution in [0, 0.1) is 5.82 Å². The Kier molecular flexibility index (Phi) is 8.42. The first-order valence-electron chi connectivity index (χ1n) is 14.5. The SMILES string of the molecule is CN1CCN(C2CCCN(c3nnc(C(N)=O)c(Nc4ccc(N5CCN(C(=O)OC(C)(C)C)CC5)c(F)c4)n3)C2)C1=O. The Hall–Kier alpha value is -4.43. The van der Waals surface area contributed by atoms with Crippen LogP contribution in [-0.2, 0) is 4.74 Å². The Bertz CT molecular complexity index is 1380. The lowest BCUT2D eigenvalue weighted by atomic mass is 10.0. The molecule has 2 aromatic rings. The van der Waals surface area contributed by atoms with E-state index in [9.17, 15) is 14.4 Å². The highest BCUT2D eigenvalue weighted by atomic mass is 19.1. The number of primary amides is 1. The standard InChI is InChI=1S/C28H39FN10O4/c1-28(2,3)43-27(42)37-13-11-36(12-14-37)21-8-7-18(16-20(21)29)31-24-22(23(30)40)33-34-25(32-24)38-9-5-6-19(17-38)39-15-10-35(4)26(39)41/h7-8,16,19H,5-6,9-15,17H2,1-4H3,(H2,30,40)(H,31,32,34). The molecule has 0 radical (unpaired) electrons. The van der Waals surface area contributed by atoms with E-state index in [1.165, 1.54) is 6.07 Å². The topological polar surface area (TPSA) is 153 Å². The van der Waals surface area contributed by atoms with E-state index in [0.29, 0.717) is 63.7 Å². The number of nitrogens with one attached hydrogen (secondary N) is 1. The molecule has 1 aromatic carbocycles. The van der Waals surface area contributed by atoms with Gasteiger partial charge in [-0.1, -0.05) is 0 Å². The van der Waals surface area contributed by atoms with Crippen LogP contribution in [0.2, 0.25) is 0 Å². The molecular weight excluding hydrogens is 559 g/mol. The molecule has 3 saturated heterocycles. The highest BCUT2D eigenvalue weighted by Gasteiger charge is 2.35. The normalized spacial score (nSPS) is 19.6. The highest BCUT2D eigenvalue weighted by molar-refractivity contribution is 5.96. The summed E-state index contributed by atoms with van der Waals surface area (Å²) in [5, 5.41) is 11.2. The maximum atomic E-state index is 15.3. The molecule has 15 heteroatoms. The summed E-state index contributed by atoms with van der Waals surface area (Å²) in [6.45, 7) is 9.71. The summed E-state index contributed by atoms with van der Waals surface area (Å²) in [5.41, 5.74) is 5.54. The maximum absolute atomic E-state index is 15.3. The van der Waals surface area contributed by atoms with E-state index in [-0.39, 0.29) is 35.6 Å². The van der Waals surface area contributed by atoms with Crippen LogP contribution in [-0.4, -0.2) is 119 Å². The molecule has 3 aliphatic heterocycles. The minimum Gasteiger partial charge on any atom is -0.444 e. The van der Waals surface area contributed by atoms with Gasteiger partial charge in [-0.3, -0.25) is 4.79 Å². The van der Waals surface area contributed by atoms with E-state index >= 15 is 4.39 Å². The number of amides is 4. The number of anilines is 4. The largest absolute Gasteiger partial charge is 0.444 e. The number of hydrogen-bond acceptors (Lipinski definition) is 10. The molecular formula is C28H39FN10O4. The number of aromatic nitrogens is 3. The predicted molar refractivity (Wildman–Crippen MR) is 158 cm³/mol. The number of halogens is 1. The van der Waals surface area contributed by atoms with Gasteiger partial charge >= 0.3 is 12.1 Å². The molecule has 3 aliphatic rings. The molecule has 5 rings (SSSR count). The van der Waals surface area contributed by atoms with Crippen molar-refractivity contribution in [3.05, 3.63) is 29.7 Å². The third-order valence-corrected chi connectivity index (χ3v) is 7.76. The van der Waals surface area contributed by atoms with E-state index in [1.807, 2.05) is 35.5 Å². The van der Waals surface area contributed by atoms with E-state index in [1.54, 1.807) is 29.0 Å². The molecule has 0 spiro atoms. The van der Waals surface area contributed by atoms with Gasteiger partial charge in [-0.2, -0.15) is 4.98 Å². The summed E-state index contributed by atoms with van der Waals surface area (Å²) in [7, 11) is 1.79. The number of benzene rings is 1. The number of nitrogens with two attached hydrogens (primary N) is 1. The van der Waals surface area contributed by atoms with Crippen LogP contribution in [0.15, 0.2) is 18.2 Å². The van der Waals surface area contributed by atoms with Crippen molar-refractivity contribution >= 4 is 41.2 Å². The third kappa shape index (κ3) is 6.81. The second-order valence-electron chi connectivity index (χ2n) is 12.1. The van der Waals surface area contributed by atoms with E-state index in [0.717, 1.165) is 12.8 Å². The van der Waals surface area contributed by atoms with Gasteiger partial charge in [0, 0.05) is 65.1 Å². The zero-order valence-electron chi connectivity index (χ0n) is 25.0. The number of rotatable bonds is 6. The summed E-state index contributed by atoms with van der Waals surface area (Å²) in [4.78, 5) is 50.6. The van der Waals surface area contributed by atoms with Crippen LogP contribution in [0.1, 0.15) is 44.1 Å². The first-order chi connectivity index (χ1) is 20.4. The molecule has 1 atom stereocenters. The summed E-state index contributed by atoms with van der Waals surface area (Å²) in [6, 6.07) is 4.65. The number of likely N-dealkylation sites (N-methyl/N-ethyl adjacent to an activating group) is 1. The number of urea groups is 1. The second kappa shape index (κ2) is 12.1. The number of carbonyl (C=O) groups is 3. The van der Waals surface area contributed by atoms with Crippen molar-refractivity contribution in [1.82, 2.24) is 29.9 Å². The van der Waals surface area contributed by atoms with Crippen LogP contribution in [0.3, 0.4) is 0 Å². The molecule has 3 fully saturated rings. The third-order valence-electron chi connectivity index (χ3n) is 7.76. The number of ether oxygens (including phenoxy) is 1. The van der Waals surface area contributed by atoms with Crippen molar-refractivity contribution < 1.29 is 23.5 Å². The lowest BCUT2D eigenvalue weighted by Crippen LogP contribution is -2.50. The molecule has 14 nitrogen and oxygen atoms in total. The van der Waals surface area contributed by atoms with Crippen LogP contribution < -0.4 is 20.9 Å². The van der Waals surface area contributed by atoms with E-state index < -0.39 is 17.3 Å². The molecule has 4 heterocycles. The van der Waals surface area contributed by atoms with Crippen molar-refractivity contribution in [2.75, 3.05) is 74.5 Å². The van der Waals surface area contributed by atoms with Crippen molar-refractivity contribution in [2.24, 2.45) is 5.73 Å². The monoisotopic (exact) mass is 598 g/mol. The van der Waals surface area contributed by atoms with Gasteiger partial charge in [0.05, 0.1) is 11.7 Å². The van der Waals surface area contributed by atoms with E-state index in [4.69, 9.17) is 10.5 Å². The van der Waals surface area contributed by atoms with Crippen molar-refractivity contribution in [3.63, 3.8) is 0 Å². The molecule has 0 saturated carbocycles. The molecule has 43 heavy (non-hydrogen) atoms. The quantitative estimate of drug-likeness (QED) is 0.506. The minimum absolute atomic E-state index is 0.00715. The first-order valence-corrected chi connectivity index (χ1v) is 14.5. The van der Waals surface area contributed by atoms with Crippen molar-refractivity contribution in [1.29, 1.82) is 0 Å². The van der Waals surface area contributed by atoms with Crippen LogP contribution >= 0.6 is 0 Å². The maximum Gasteiger partial charge on any atom is 0.410 e. The van der Waals surface area contributed by atoms with Gasteiger partial charge in [0.25, 0.3) is 5.91 Å².